The highest BCUT2D eigenvalue weighted by atomic mass is 15.3. The predicted octanol–water partition coefficient (Wildman–Crippen LogP) is 2.32. The number of amidine groups is 1. The van der Waals surface area contributed by atoms with Crippen LogP contribution in [0.1, 0.15) is 57.4 Å². The van der Waals surface area contributed by atoms with Crippen molar-refractivity contribution in [1.29, 1.82) is 0 Å². The van der Waals surface area contributed by atoms with Crippen LogP contribution in [-0.4, -0.2) is 34.3 Å². The summed E-state index contributed by atoms with van der Waals surface area (Å²) >= 11 is 0. The molecule has 0 bridgehead atoms. The average Bonchev–Trinajstić information content (AvgIpc) is 3.34. The smallest absolute Gasteiger partial charge is 0.189 e. The number of anilines is 1. The monoisotopic (exact) mass is 357 g/mol. The van der Waals surface area contributed by atoms with Crippen LogP contribution in [0.3, 0.4) is 0 Å². The highest BCUT2D eigenvalue weighted by molar-refractivity contribution is 6.03. The molecule has 4 rings (SSSR count). The predicted molar refractivity (Wildman–Crippen MR) is 105 cm³/mol. The Balaban J connectivity index is 1.48. The molecular weight excluding hydrogens is 326 g/mol. The summed E-state index contributed by atoms with van der Waals surface area (Å²) < 4.78 is 2.24. The zero-order valence-electron chi connectivity index (χ0n) is 15.6. The summed E-state index contributed by atoms with van der Waals surface area (Å²) in [4.78, 5) is 9.52. The highest BCUT2D eigenvalue weighted by Crippen LogP contribution is 2.33. The quantitative estimate of drug-likeness (QED) is 0.664. The molecule has 0 radical (unpaired) electrons. The van der Waals surface area contributed by atoms with E-state index < -0.39 is 5.79 Å². The van der Waals surface area contributed by atoms with Crippen LogP contribution < -0.4 is 21.7 Å². The van der Waals surface area contributed by atoms with Crippen LogP contribution in [0.2, 0.25) is 0 Å². The highest BCUT2D eigenvalue weighted by Gasteiger charge is 2.39. The molecule has 0 amide bonds. The van der Waals surface area contributed by atoms with Gasteiger partial charge in [0.2, 0.25) is 0 Å². The van der Waals surface area contributed by atoms with E-state index in [-0.39, 0.29) is 0 Å². The van der Waals surface area contributed by atoms with E-state index in [0.717, 1.165) is 37.3 Å². The van der Waals surface area contributed by atoms with E-state index in [9.17, 15) is 0 Å². The molecule has 1 aliphatic heterocycles. The van der Waals surface area contributed by atoms with Crippen molar-refractivity contribution < 1.29 is 0 Å². The van der Waals surface area contributed by atoms with E-state index in [1.165, 1.54) is 25.7 Å². The molecular formula is C19H31N7. The lowest BCUT2D eigenvalue weighted by molar-refractivity contribution is 0.146. The molecule has 7 heteroatoms. The minimum atomic E-state index is -0.467. The first-order valence-corrected chi connectivity index (χ1v) is 9.97. The molecule has 5 N–H and O–H groups in total. The fraction of sp³-hybridized carbons (Fsp3) is 0.684. The van der Waals surface area contributed by atoms with Gasteiger partial charge in [-0.05, 0) is 51.6 Å². The minimum absolute atomic E-state index is 0.334. The van der Waals surface area contributed by atoms with Gasteiger partial charge in [0.1, 0.15) is 11.7 Å². The van der Waals surface area contributed by atoms with Gasteiger partial charge in [-0.1, -0.05) is 12.8 Å². The summed E-state index contributed by atoms with van der Waals surface area (Å²) in [6, 6.07) is 0.937. The normalized spacial score (nSPS) is 32.3. The Morgan fingerprint density at radius 2 is 1.96 bits per heavy atom. The van der Waals surface area contributed by atoms with Crippen LogP contribution in [0.15, 0.2) is 29.8 Å². The summed E-state index contributed by atoms with van der Waals surface area (Å²) in [5.74, 6) is 1.65. The van der Waals surface area contributed by atoms with E-state index in [0.29, 0.717) is 18.0 Å². The Labute approximate surface area is 155 Å². The van der Waals surface area contributed by atoms with E-state index in [4.69, 9.17) is 10.7 Å². The minimum Gasteiger partial charge on any atom is -0.355 e. The number of rotatable bonds is 4. The molecule has 2 heterocycles. The second kappa shape index (κ2) is 7.40. The average molecular weight is 358 g/mol. The Kier molecular flexibility index (Phi) is 5.00. The summed E-state index contributed by atoms with van der Waals surface area (Å²) in [6.45, 7) is 0. The maximum absolute atomic E-state index is 6.08. The zero-order chi connectivity index (χ0) is 18.0. The maximum atomic E-state index is 6.08. The summed E-state index contributed by atoms with van der Waals surface area (Å²) in [5, 5.41) is 10.2. The number of hydrogen-bond donors (Lipinski definition) is 4. The lowest BCUT2D eigenvalue weighted by atomic mass is 9.81. The van der Waals surface area contributed by atoms with Crippen LogP contribution in [0.25, 0.3) is 0 Å². The van der Waals surface area contributed by atoms with Gasteiger partial charge in [-0.15, -0.1) is 0 Å². The van der Waals surface area contributed by atoms with E-state index in [1.54, 1.807) is 0 Å². The van der Waals surface area contributed by atoms with E-state index in [1.807, 2.05) is 25.7 Å². The molecule has 0 spiro atoms. The van der Waals surface area contributed by atoms with Crippen molar-refractivity contribution in [2.24, 2.45) is 16.6 Å². The molecule has 3 aliphatic rings. The van der Waals surface area contributed by atoms with Gasteiger partial charge in [0.15, 0.2) is 5.79 Å². The lowest BCUT2D eigenvalue weighted by Crippen LogP contribution is -2.60. The Hall–Kier alpha value is -1.86. The molecule has 1 aromatic heterocycles. The van der Waals surface area contributed by atoms with Crippen LogP contribution in [0.4, 0.5) is 5.82 Å². The van der Waals surface area contributed by atoms with Crippen molar-refractivity contribution in [3.05, 3.63) is 24.8 Å². The van der Waals surface area contributed by atoms with Crippen molar-refractivity contribution >= 4 is 11.7 Å². The topological polar surface area (TPSA) is 92.3 Å². The van der Waals surface area contributed by atoms with Gasteiger partial charge < -0.3 is 20.9 Å². The van der Waals surface area contributed by atoms with Gasteiger partial charge >= 0.3 is 0 Å². The number of aliphatic imine (C=N–C) groups is 1. The van der Waals surface area contributed by atoms with Crippen LogP contribution >= 0.6 is 0 Å². The SMILES string of the molecule is CNC1(C2CCC(N)CC2)N=C(Nc2cn(C3CCCC3)cn2)C=CN1. The second-order valence-electron chi connectivity index (χ2n) is 7.87. The van der Waals surface area contributed by atoms with Crippen LogP contribution in [0.5, 0.6) is 0 Å². The van der Waals surface area contributed by atoms with Crippen LogP contribution in [-0.2, 0) is 0 Å². The number of nitrogens with one attached hydrogen (secondary N) is 3. The fourth-order valence-corrected chi connectivity index (χ4v) is 4.59. The molecule has 2 aliphatic carbocycles. The number of nitrogens with zero attached hydrogens (tertiary/aromatic N) is 3. The lowest BCUT2D eigenvalue weighted by Gasteiger charge is -2.42. The molecule has 0 saturated heterocycles. The summed E-state index contributed by atoms with van der Waals surface area (Å²) in [7, 11) is 1.97. The largest absolute Gasteiger partial charge is 0.355 e. The van der Waals surface area contributed by atoms with Crippen molar-refractivity contribution in [3.63, 3.8) is 0 Å². The van der Waals surface area contributed by atoms with Crippen molar-refractivity contribution in [2.45, 2.75) is 69.2 Å². The van der Waals surface area contributed by atoms with Crippen molar-refractivity contribution in [3.8, 4) is 0 Å². The van der Waals surface area contributed by atoms with E-state index >= 15 is 0 Å². The van der Waals surface area contributed by atoms with E-state index in [2.05, 4.69) is 31.7 Å². The molecule has 26 heavy (non-hydrogen) atoms. The first-order valence-electron chi connectivity index (χ1n) is 9.97. The van der Waals surface area contributed by atoms with Crippen molar-refractivity contribution in [1.82, 2.24) is 20.2 Å². The number of imidazole rings is 1. The molecule has 7 nitrogen and oxygen atoms in total. The molecule has 1 aromatic rings. The number of nitrogens with two attached hydrogens (primary N) is 1. The Morgan fingerprint density at radius 1 is 1.19 bits per heavy atom. The third-order valence-electron chi connectivity index (χ3n) is 6.19. The fourth-order valence-electron chi connectivity index (χ4n) is 4.59. The van der Waals surface area contributed by atoms with Gasteiger partial charge in [-0.3, -0.25) is 5.32 Å². The molecule has 1 atom stereocenters. The summed E-state index contributed by atoms with van der Waals surface area (Å²) in [6.07, 6.45) is 17.4. The zero-order valence-corrected chi connectivity index (χ0v) is 15.6. The first kappa shape index (κ1) is 17.5. The third-order valence-corrected chi connectivity index (χ3v) is 6.19. The molecule has 2 saturated carbocycles. The second-order valence-corrected chi connectivity index (χ2v) is 7.87. The van der Waals surface area contributed by atoms with Gasteiger partial charge in [0, 0.05) is 30.4 Å². The Bertz CT molecular complexity index is 665. The summed E-state index contributed by atoms with van der Waals surface area (Å²) in [5.41, 5.74) is 6.08. The third kappa shape index (κ3) is 3.50. The van der Waals surface area contributed by atoms with Gasteiger partial charge in [-0.2, -0.15) is 0 Å². The first-order chi connectivity index (χ1) is 12.7. The van der Waals surface area contributed by atoms with Crippen LogP contribution in [0, 0.1) is 5.92 Å². The molecule has 0 aromatic carbocycles. The molecule has 2 fully saturated rings. The van der Waals surface area contributed by atoms with Crippen molar-refractivity contribution in [2.75, 3.05) is 12.4 Å². The number of hydrogen-bond acceptors (Lipinski definition) is 6. The van der Waals surface area contributed by atoms with Gasteiger partial charge in [0.05, 0.1) is 6.33 Å². The maximum Gasteiger partial charge on any atom is 0.189 e. The molecule has 1 unspecified atom stereocenters. The number of aromatic nitrogens is 2. The Morgan fingerprint density at radius 3 is 2.69 bits per heavy atom. The molecule has 142 valence electrons. The standard InChI is InChI=1S/C19H31N7/c1-21-19(14-6-8-15(20)9-7-14)23-11-10-17(25-19)24-18-12-26(13-22-18)16-4-2-3-5-16/h10-16,21,23H,2-9,20H2,1H3,(H,24,25). The van der Waals surface area contributed by atoms with Gasteiger partial charge in [-0.25, -0.2) is 9.98 Å². The van der Waals surface area contributed by atoms with Gasteiger partial charge in [0.25, 0.3) is 0 Å².